The zero-order valence-electron chi connectivity index (χ0n) is 15.7. The van der Waals surface area contributed by atoms with Gasteiger partial charge in [-0.25, -0.2) is 13.2 Å². The molecule has 0 radical (unpaired) electrons. The van der Waals surface area contributed by atoms with Crippen LogP contribution in [0.4, 0.5) is 0 Å². The summed E-state index contributed by atoms with van der Waals surface area (Å²) in [7, 11) is -2.64. The molecule has 0 saturated heterocycles. The quantitative estimate of drug-likeness (QED) is 0.483. The van der Waals surface area contributed by atoms with Gasteiger partial charge in [0.2, 0.25) is 10.0 Å². The first kappa shape index (κ1) is 21.2. The third kappa shape index (κ3) is 5.29. The molecular weight excluding hydrogens is 456 g/mol. The molecular formula is C21H19BrN2O4S. The number of hydrogen-bond donors (Lipinski definition) is 0. The van der Waals surface area contributed by atoms with E-state index in [0.29, 0.717) is 5.69 Å². The number of hydrogen-bond acceptors (Lipinski definition) is 5. The number of benzene rings is 2. The number of nitrogens with zero attached hydrogens (tertiary/aromatic N) is 2. The van der Waals surface area contributed by atoms with Gasteiger partial charge in [-0.1, -0.05) is 40.2 Å². The first-order valence-corrected chi connectivity index (χ1v) is 11.0. The van der Waals surface area contributed by atoms with Crippen LogP contribution in [0, 0.1) is 0 Å². The molecule has 0 fully saturated rings. The molecule has 1 heterocycles. The third-order valence-electron chi connectivity index (χ3n) is 4.23. The van der Waals surface area contributed by atoms with E-state index in [2.05, 4.69) is 20.9 Å². The van der Waals surface area contributed by atoms with Gasteiger partial charge in [-0.05, 0) is 48.0 Å². The summed E-state index contributed by atoms with van der Waals surface area (Å²) in [5.41, 5.74) is 1.63. The van der Waals surface area contributed by atoms with Crippen molar-refractivity contribution >= 4 is 31.9 Å². The number of rotatable bonds is 7. The molecule has 0 atom stereocenters. The Labute approximate surface area is 178 Å². The number of halogens is 1. The van der Waals surface area contributed by atoms with Crippen molar-refractivity contribution in [3.8, 4) is 0 Å². The van der Waals surface area contributed by atoms with Gasteiger partial charge >= 0.3 is 5.97 Å². The minimum Gasteiger partial charge on any atom is -0.465 e. The van der Waals surface area contributed by atoms with Crippen molar-refractivity contribution in [3.63, 3.8) is 0 Å². The van der Waals surface area contributed by atoms with Gasteiger partial charge in [0.25, 0.3) is 0 Å². The van der Waals surface area contributed by atoms with Crippen LogP contribution >= 0.6 is 15.9 Å². The minimum atomic E-state index is -3.90. The van der Waals surface area contributed by atoms with Gasteiger partial charge in [0.05, 0.1) is 29.8 Å². The molecule has 0 saturated carbocycles. The lowest BCUT2D eigenvalue weighted by atomic mass is 10.2. The van der Waals surface area contributed by atoms with E-state index < -0.39 is 16.0 Å². The standard InChI is InChI=1S/C21H19BrN2O4S/c1-28-21(25)17-5-4-7-20(13-17)29(26,27)24(15-19-6-2-3-12-23-19)14-16-8-10-18(22)11-9-16/h2-13H,14-15H2,1H3. The van der Waals surface area contributed by atoms with Crippen molar-refractivity contribution in [2.75, 3.05) is 7.11 Å². The first-order valence-electron chi connectivity index (χ1n) is 8.73. The number of ether oxygens (including phenoxy) is 1. The highest BCUT2D eigenvalue weighted by Crippen LogP contribution is 2.22. The van der Waals surface area contributed by atoms with E-state index in [9.17, 15) is 13.2 Å². The second kappa shape index (κ2) is 9.30. The second-order valence-corrected chi connectivity index (χ2v) is 9.09. The highest BCUT2D eigenvalue weighted by molar-refractivity contribution is 9.10. The predicted molar refractivity (Wildman–Crippen MR) is 113 cm³/mol. The van der Waals surface area contributed by atoms with Gasteiger partial charge in [0, 0.05) is 17.2 Å². The largest absolute Gasteiger partial charge is 0.465 e. The fraction of sp³-hybridized carbons (Fsp3) is 0.143. The Kier molecular flexibility index (Phi) is 6.79. The van der Waals surface area contributed by atoms with Gasteiger partial charge in [-0.2, -0.15) is 4.31 Å². The molecule has 0 bridgehead atoms. The lowest BCUT2D eigenvalue weighted by Gasteiger charge is -2.22. The summed E-state index contributed by atoms with van der Waals surface area (Å²) in [6, 6.07) is 18.6. The Morgan fingerprint density at radius 2 is 1.79 bits per heavy atom. The van der Waals surface area contributed by atoms with Crippen LogP contribution in [0.3, 0.4) is 0 Å². The highest BCUT2D eigenvalue weighted by Gasteiger charge is 2.26. The summed E-state index contributed by atoms with van der Waals surface area (Å²) in [6.07, 6.45) is 1.62. The molecule has 0 amide bonds. The van der Waals surface area contributed by atoms with Crippen molar-refractivity contribution in [1.82, 2.24) is 9.29 Å². The summed E-state index contributed by atoms with van der Waals surface area (Å²) in [5, 5.41) is 0. The molecule has 0 unspecified atom stereocenters. The van der Waals surface area contributed by atoms with Crippen LogP contribution in [-0.4, -0.2) is 30.8 Å². The van der Waals surface area contributed by atoms with E-state index in [4.69, 9.17) is 4.74 Å². The average molecular weight is 475 g/mol. The molecule has 6 nitrogen and oxygen atoms in total. The average Bonchev–Trinajstić information content (AvgIpc) is 2.75. The van der Waals surface area contributed by atoms with Gasteiger partial charge in [-0.15, -0.1) is 0 Å². The molecule has 0 aliphatic rings. The zero-order valence-corrected chi connectivity index (χ0v) is 18.1. The van der Waals surface area contributed by atoms with Crippen LogP contribution in [0.1, 0.15) is 21.6 Å². The predicted octanol–water partition coefficient (Wildman–Crippen LogP) is 4.02. The van der Waals surface area contributed by atoms with Crippen LogP contribution in [0.2, 0.25) is 0 Å². The molecule has 0 N–H and O–H groups in total. The molecule has 1 aromatic heterocycles. The SMILES string of the molecule is COC(=O)c1cccc(S(=O)(=O)N(Cc2ccc(Br)cc2)Cc2ccccn2)c1. The Morgan fingerprint density at radius 1 is 1.03 bits per heavy atom. The number of esters is 1. The fourth-order valence-corrected chi connectivity index (χ4v) is 4.45. The second-order valence-electron chi connectivity index (χ2n) is 6.24. The zero-order chi connectivity index (χ0) is 20.9. The number of aromatic nitrogens is 1. The van der Waals surface area contributed by atoms with Gasteiger partial charge in [0.1, 0.15) is 0 Å². The van der Waals surface area contributed by atoms with E-state index in [1.807, 2.05) is 30.3 Å². The third-order valence-corrected chi connectivity index (χ3v) is 6.55. The maximum absolute atomic E-state index is 13.4. The Hall–Kier alpha value is -2.55. The molecule has 3 rings (SSSR count). The summed E-state index contributed by atoms with van der Waals surface area (Å²) >= 11 is 3.38. The van der Waals surface area contributed by atoms with E-state index in [0.717, 1.165) is 10.0 Å². The van der Waals surface area contributed by atoms with Crippen LogP contribution in [0.25, 0.3) is 0 Å². The molecule has 0 spiro atoms. The molecule has 8 heteroatoms. The summed E-state index contributed by atoms with van der Waals surface area (Å²) in [5.74, 6) is -0.591. The van der Waals surface area contributed by atoms with Crippen LogP contribution < -0.4 is 0 Å². The van der Waals surface area contributed by atoms with E-state index in [-0.39, 0.29) is 23.5 Å². The molecule has 0 aliphatic carbocycles. The van der Waals surface area contributed by atoms with Crippen LogP contribution in [0.15, 0.2) is 82.3 Å². The molecule has 2 aromatic carbocycles. The van der Waals surface area contributed by atoms with Crippen molar-refractivity contribution < 1.29 is 17.9 Å². The van der Waals surface area contributed by atoms with Crippen molar-refractivity contribution in [2.24, 2.45) is 0 Å². The minimum absolute atomic E-state index is 0.0217. The Balaban J connectivity index is 1.99. The summed E-state index contributed by atoms with van der Waals surface area (Å²) in [4.78, 5) is 16.1. The van der Waals surface area contributed by atoms with E-state index in [1.165, 1.54) is 35.7 Å². The smallest absolute Gasteiger partial charge is 0.337 e. The lowest BCUT2D eigenvalue weighted by Crippen LogP contribution is -2.30. The van der Waals surface area contributed by atoms with E-state index in [1.54, 1.807) is 18.3 Å². The van der Waals surface area contributed by atoms with Crippen molar-refractivity contribution in [1.29, 1.82) is 0 Å². The molecule has 0 aliphatic heterocycles. The van der Waals surface area contributed by atoms with E-state index >= 15 is 0 Å². The first-order chi connectivity index (χ1) is 13.9. The lowest BCUT2D eigenvalue weighted by molar-refractivity contribution is 0.0600. The number of carbonyl (C=O) groups excluding carboxylic acids is 1. The van der Waals surface area contributed by atoms with Gasteiger partial charge in [-0.3, -0.25) is 4.98 Å². The van der Waals surface area contributed by atoms with Crippen LogP contribution in [0.5, 0.6) is 0 Å². The van der Waals surface area contributed by atoms with Crippen LogP contribution in [-0.2, 0) is 27.8 Å². The Bertz CT molecular complexity index is 1090. The maximum Gasteiger partial charge on any atom is 0.337 e. The maximum atomic E-state index is 13.4. The summed E-state index contributed by atoms with van der Waals surface area (Å²) < 4.78 is 33.8. The number of methoxy groups -OCH3 is 1. The highest BCUT2D eigenvalue weighted by atomic mass is 79.9. The molecule has 3 aromatic rings. The van der Waals surface area contributed by atoms with Gasteiger partial charge in [0.15, 0.2) is 0 Å². The number of sulfonamides is 1. The number of pyridine rings is 1. The topological polar surface area (TPSA) is 76.6 Å². The van der Waals surface area contributed by atoms with Crippen molar-refractivity contribution in [3.05, 3.63) is 94.2 Å². The fourth-order valence-electron chi connectivity index (χ4n) is 2.74. The van der Waals surface area contributed by atoms with Gasteiger partial charge < -0.3 is 4.74 Å². The number of carbonyl (C=O) groups is 1. The van der Waals surface area contributed by atoms with Crippen molar-refractivity contribution in [2.45, 2.75) is 18.0 Å². The molecule has 29 heavy (non-hydrogen) atoms. The Morgan fingerprint density at radius 3 is 2.45 bits per heavy atom. The molecule has 150 valence electrons. The normalized spacial score (nSPS) is 11.4. The monoisotopic (exact) mass is 474 g/mol. The summed E-state index contributed by atoms with van der Waals surface area (Å²) in [6.45, 7) is 0.260.